The van der Waals surface area contributed by atoms with Crippen LogP contribution in [0.4, 0.5) is 4.39 Å². The minimum Gasteiger partial charge on any atom is -0.468 e. The number of likely N-dealkylation sites (tertiary alicyclic amines) is 1. The number of hydrogen-bond acceptors (Lipinski definition) is 5. The molecule has 0 aromatic heterocycles. The number of esters is 1. The van der Waals surface area contributed by atoms with Gasteiger partial charge in [-0.2, -0.15) is 5.26 Å². The zero-order chi connectivity index (χ0) is 15.4. The summed E-state index contributed by atoms with van der Waals surface area (Å²) in [5.41, 5.74) is 0.862. The zero-order valence-corrected chi connectivity index (χ0v) is 11.8. The number of carbonyl (C=O) groups is 1. The van der Waals surface area contributed by atoms with E-state index >= 15 is 0 Å². The van der Waals surface area contributed by atoms with Gasteiger partial charge in [0.25, 0.3) is 0 Å². The van der Waals surface area contributed by atoms with Crippen molar-refractivity contribution in [3.05, 3.63) is 35.1 Å². The lowest BCUT2D eigenvalue weighted by Gasteiger charge is -2.37. The van der Waals surface area contributed by atoms with Crippen molar-refractivity contribution in [2.45, 2.75) is 31.5 Å². The maximum absolute atomic E-state index is 13.2. The van der Waals surface area contributed by atoms with E-state index in [0.29, 0.717) is 25.1 Å². The third kappa shape index (κ3) is 3.38. The van der Waals surface area contributed by atoms with Gasteiger partial charge in [-0.3, -0.25) is 9.69 Å². The quantitative estimate of drug-likeness (QED) is 0.847. The second-order valence-electron chi connectivity index (χ2n) is 5.06. The highest BCUT2D eigenvalue weighted by Crippen LogP contribution is 2.22. The Morgan fingerprint density at radius 1 is 1.62 bits per heavy atom. The fourth-order valence-electron chi connectivity index (χ4n) is 2.66. The lowest BCUT2D eigenvalue weighted by molar-refractivity contribution is -0.154. The summed E-state index contributed by atoms with van der Waals surface area (Å²) in [5.74, 6) is -0.971. The van der Waals surface area contributed by atoms with E-state index in [1.54, 1.807) is 4.90 Å². The van der Waals surface area contributed by atoms with Crippen molar-refractivity contribution in [1.82, 2.24) is 4.90 Å². The van der Waals surface area contributed by atoms with Gasteiger partial charge in [0.05, 0.1) is 24.8 Å². The lowest BCUT2D eigenvalue weighted by Crippen LogP contribution is -2.52. The number of halogens is 1. The van der Waals surface area contributed by atoms with E-state index < -0.39 is 23.9 Å². The van der Waals surface area contributed by atoms with Crippen LogP contribution in [0.5, 0.6) is 0 Å². The van der Waals surface area contributed by atoms with E-state index in [1.165, 1.54) is 25.3 Å². The summed E-state index contributed by atoms with van der Waals surface area (Å²) in [6, 6.07) is 5.18. The molecule has 2 atom stereocenters. The Bertz CT molecular complexity index is 571. The standard InChI is InChI=1S/C15H17FN2O3/c1-21-15(20)14-13(19)3-2-6-18(14)9-10-4-5-12(16)7-11(10)8-17/h4-5,7,13-14,19H,2-3,6,9H2,1H3/t13-,14+/m1/s1. The largest absolute Gasteiger partial charge is 0.468 e. The normalized spacial score (nSPS) is 22.6. The highest BCUT2D eigenvalue weighted by atomic mass is 19.1. The summed E-state index contributed by atoms with van der Waals surface area (Å²) in [6.45, 7) is 0.902. The molecule has 0 unspecified atom stereocenters. The Balaban J connectivity index is 2.24. The number of aliphatic hydroxyl groups is 1. The van der Waals surface area contributed by atoms with Crippen molar-refractivity contribution in [2.75, 3.05) is 13.7 Å². The first-order chi connectivity index (χ1) is 10.1. The van der Waals surface area contributed by atoms with E-state index in [1.807, 2.05) is 6.07 Å². The Kier molecular flexibility index (Phi) is 4.89. The van der Waals surface area contributed by atoms with Gasteiger partial charge in [-0.1, -0.05) is 6.07 Å². The average Bonchev–Trinajstić information content (AvgIpc) is 2.48. The molecule has 1 aromatic carbocycles. The van der Waals surface area contributed by atoms with Gasteiger partial charge in [0.15, 0.2) is 0 Å². The van der Waals surface area contributed by atoms with Crippen LogP contribution in [0, 0.1) is 17.1 Å². The number of benzene rings is 1. The molecule has 112 valence electrons. The van der Waals surface area contributed by atoms with Crippen LogP contribution in [0.2, 0.25) is 0 Å². The van der Waals surface area contributed by atoms with E-state index in [0.717, 1.165) is 6.42 Å². The summed E-state index contributed by atoms with van der Waals surface area (Å²) in [7, 11) is 1.28. The molecule has 0 amide bonds. The SMILES string of the molecule is COC(=O)[C@@H]1[C@H](O)CCCN1Cc1ccc(F)cc1C#N. The first kappa shape index (κ1) is 15.4. The summed E-state index contributed by atoms with van der Waals surface area (Å²) in [4.78, 5) is 13.6. The van der Waals surface area contributed by atoms with Crippen molar-refractivity contribution in [3.8, 4) is 6.07 Å². The molecular weight excluding hydrogens is 275 g/mol. The summed E-state index contributed by atoms with van der Waals surface area (Å²) in [6.07, 6.45) is 0.486. The van der Waals surface area contributed by atoms with Crippen LogP contribution in [-0.2, 0) is 16.1 Å². The summed E-state index contributed by atoms with van der Waals surface area (Å²) >= 11 is 0. The van der Waals surface area contributed by atoms with Crippen molar-refractivity contribution in [2.24, 2.45) is 0 Å². The van der Waals surface area contributed by atoms with Gasteiger partial charge < -0.3 is 9.84 Å². The summed E-state index contributed by atoms with van der Waals surface area (Å²) < 4.78 is 17.9. The Morgan fingerprint density at radius 2 is 2.38 bits per heavy atom. The van der Waals surface area contributed by atoms with Gasteiger partial charge in [0.2, 0.25) is 0 Å². The third-order valence-electron chi connectivity index (χ3n) is 3.71. The van der Waals surface area contributed by atoms with E-state index in [9.17, 15) is 14.3 Å². The van der Waals surface area contributed by atoms with Gasteiger partial charge in [-0.15, -0.1) is 0 Å². The Morgan fingerprint density at radius 3 is 3.05 bits per heavy atom. The van der Waals surface area contributed by atoms with Crippen LogP contribution in [0.3, 0.4) is 0 Å². The zero-order valence-electron chi connectivity index (χ0n) is 11.8. The van der Waals surface area contributed by atoms with Gasteiger partial charge in [-0.25, -0.2) is 4.39 Å². The molecule has 1 saturated heterocycles. The van der Waals surface area contributed by atoms with Crippen LogP contribution < -0.4 is 0 Å². The van der Waals surface area contributed by atoms with Crippen molar-refractivity contribution in [3.63, 3.8) is 0 Å². The maximum Gasteiger partial charge on any atom is 0.325 e. The van der Waals surface area contributed by atoms with Gasteiger partial charge >= 0.3 is 5.97 Å². The molecule has 1 aromatic rings. The van der Waals surface area contributed by atoms with Gasteiger partial charge in [0.1, 0.15) is 11.9 Å². The van der Waals surface area contributed by atoms with Gasteiger partial charge in [0, 0.05) is 6.54 Å². The fraction of sp³-hybridized carbons (Fsp3) is 0.467. The van der Waals surface area contributed by atoms with E-state index in [-0.39, 0.29) is 5.56 Å². The van der Waals surface area contributed by atoms with Crippen molar-refractivity contribution in [1.29, 1.82) is 5.26 Å². The van der Waals surface area contributed by atoms with Crippen LogP contribution in [-0.4, -0.2) is 41.8 Å². The topological polar surface area (TPSA) is 73.6 Å². The second-order valence-corrected chi connectivity index (χ2v) is 5.06. The summed E-state index contributed by atoms with van der Waals surface area (Å²) in [5, 5.41) is 19.1. The molecule has 1 aliphatic heterocycles. The predicted molar refractivity (Wildman–Crippen MR) is 72.6 cm³/mol. The number of rotatable bonds is 3. The first-order valence-corrected chi connectivity index (χ1v) is 6.75. The lowest BCUT2D eigenvalue weighted by atomic mass is 9.97. The number of aliphatic hydroxyl groups excluding tert-OH is 1. The molecule has 0 bridgehead atoms. The number of nitrogens with zero attached hydrogens (tertiary/aromatic N) is 2. The molecular formula is C15H17FN2O3. The third-order valence-corrected chi connectivity index (χ3v) is 3.71. The van der Waals surface area contributed by atoms with Gasteiger partial charge in [-0.05, 0) is 37.1 Å². The van der Waals surface area contributed by atoms with Crippen molar-refractivity contribution < 1.29 is 19.0 Å². The van der Waals surface area contributed by atoms with E-state index in [2.05, 4.69) is 0 Å². The number of piperidine rings is 1. The monoisotopic (exact) mass is 292 g/mol. The molecule has 1 heterocycles. The first-order valence-electron chi connectivity index (χ1n) is 6.75. The second kappa shape index (κ2) is 6.66. The molecule has 2 rings (SSSR count). The minimum atomic E-state index is -0.794. The molecule has 1 aliphatic rings. The number of carbonyl (C=O) groups excluding carboxylic acids is 1. The van der Waals surface area contributed by atoms with Crippen LogP contribution >= 0.6 is 0 Å². The van der Waals surface area contributed by atoms with Crippen LogP contribution in [0.25, 0.3) is 0 Å². The molecule has 0 radical (unpaired) electrons. The minimum absolute atomic E-state index is 0.235. The molecule has 6 heteroatoms. The molecule has 1 N–H and O–H groups in total. The highest BCUT2D eigenvalue weighted by molar-refractivity contribution is 5.76. The van der Waals surface area contributed by atoms with E-state index in [4.69, 9.17) is 10.00 Å². The molecule has 0 aliphatic carbocycles. The maximum atomic E-state index is 13.2. The smallest absolute Gasteiger partial charge is 0.325 e. The molecule has 0 saturated carbocycles. The average molecular weight is 292 g/mol. The fourth-order valence-corrected chi connectivity index (χ4v) is 2.66. The van der Waals surface area contributed by atoms with Crippen LogP contribution in [0.1, 0.15) is 24.0 Å². The molecule has 5 nitrogen and oxygen atoms in total. The number of methoxy groups -OCH3 is 1. The predicted octanol–water partition coefficient (Wildman–Crippen LogP) is 1.20. The molecule has 1 fully saturated rings. The number of ether oxygens (including phenoxy) is 1. The van der Waals surface area contributed by atoms with Crippen molar-refractivity contribution >= 4 is 5.97 Å². The highest BCUT2D eigenvalue weighted by Gasteiger charge is 2.36. The number of nitriles is 1. The molecule has 0 spiro atoms. The number of hydrogen-bond donors (Lipinski definition) is 1. The Hall–Kier alpha value is -1.97. The molecule has 21 heavy (non-hydrogen) atoms. The Labute approximate surface area is 122 Å². The van der Waals surface area contributed by atoms with Crippen LogP contribution in [0.15, 0.2) is 18.2 Å².